The Morgan fingerprint density at radius 2 is 1.66 bits per heavy atom. The highest BCUT2D eigenvalue weighted by atomic mass is 16.5. The first-order chi connectivity index (χ1) is 14.2. The van der Waals surface area contributed by atoms with Gasteiger partial charge in [0.05, 0.1) is 31.0 Å². The summed E-state index contributed by atoms with van der Waals surface area (Å²) in [5, 5.41) is 0. The van der Waals surface area contributed by atoms with Crippen molar-refractivity contribution in [2.45, 2.75) is 13.5 Å². The van der Waals surface area contributed by atoms with Crippen LogP contribution in [0.25, 0.3) is 11.3 Å². The first-order valence-electron chi connectivity index (χ1n) is 10.0. The summed E-state index contributed by atoms with van der Waals surface area (Å²) in [5.41, 5.74) is 5.83. The number of aryl methyl sites for hydroxylation is 1. The van der Waals surface area contributed by atoms with Gasteiger partial charge in [0.15, 0.2) is 0 Å². The molecule has 1 amide bonds. The lowest BCUT2D eigenvalue weighted by Gasteiger charge is -2.28. The number of nitrogens with zero attached hydrogens (tertiary/aromatic N) is 3. The van der Waals surface area contributed by atoms with Gasteiger partial charge in [-0.25, -0.2) is 4.98 Å². The Kier molecular flexibility index (Phi) is 4.52. The fourth-order valence-electron chi connectivity index (χ4n) is 4.12. The molecule has 3 heterocycles. The molecule has 0 unspecified atom stereocenters. The molecule has 0 N–H and O–H groups in total. The van der Waals surface area contributed by atoms with E-state index in [0.29, 0.717) is 19.8 Å². The molecule has 1 fully saturated rings. The van der Waals surface area contributed by atoms with Gasteiger partial charge in [0.25, 0.3) is 5.91 Å². The van der Waals surface area contributed by atoms with Gasteiger partial charge in [0.1, 0.15) is 5.82 Å². The highest BCUT2D eigenvalue weighted by molar-refractivity contribution is 6.11. The number of rotatable bonds is 3. The number of hydrogen-bond acceptors (Lipinski definition) is 4. The predicted molar refractivity (Wildman–Crippen MR) is 114 cm³/mol. The topological polar surface area (TPSA) is 45.7 Å². The second-order valence-electron chi connectivity index (χ2n) is 7.50. The van der Waals surface area contributed by atoms with Crippen LogP contribution < -0.4 is 9.80 Å². The van der Waals surface area contributed by atoms with E-state index in [4.69, 9.17) is 9.72 Å². The molecular weight excluding hydrogens is 362 g/mol. The summed E-state index contributed by atoms with van der Waals surface area (Å²) >= 11 is 0. The van der Waals surface area contributed by atoms with E-state index in [1.165, 1.54) is 0 Å². The van der Waals surface area contributed by atoms with E-state index in [2.05, 4.69) is 24.0 Å². The van der Waals surface area contributed by atoms with E-state index < -0.39 is 0 Å². The Bertz CT molecular complexity index is 1060. The fourth-order valence-corrected chi connectivity index (χ4v) is 4.12. The van der Waals surface area contributed by atoms with Gasteiger partial charge in [-0.05, 0) is 30.7 Å². The zero-order chi connectivity index (χ0) is 19.8. The number of benzene rings is 2. The highest BCUT2D eigenvalue weighted by Crippen LogP contribution is 2.37. The van der Waals surface area contributed by atoms with E-state index in [9.17, 15) is 4.79 Å². The van der Waals surface area contributed by atoms with Gasteiger partial charge in [-0.3, -0.25) is 4.79 Å². The minimum Gasteiger partial charge on any atom is -0.378 e. The van der Waals surface area contributed by atoms with Gasteiger partial charge in [-0.2, -0.15) is 0 Å². The van der Waals surface area contributed by atoms with Crippen LogP contribution in [0.5, 0.6) is 0 Å². The molecule has 2 aliphatic rings. The molecule has 3 aromatic rings. The van der Waals surface area contributed by atoms with Gasteiger partial charge in [-0.1, -0.05) is 42.5 Å². The molecule has 146 valence electrons. The molecule has 5 rings (SSSR count). The summed E-state index contributed by atoms with van der Waals surface area (Å²) in [6.07, 6.45) is 0. The van der Waals surface area contributed by atoms with E-state index in [1.54, 1.807) is 0 Å². The summed E-state index contributed by atoms with van der Waals surface area (Å²) < 4.78 is 5.50. The molecule has 1 saturated heterocycles. The van der Waals surface area contributed by atoms with Crippen LogP contribution in [0.15, 0.2) is 60.7 Å². The lowest BCUT2D eigenvalue weighted by atomic mass is 9.99. The van der Waals surface area contributed by atoms with E-state index >= 15 is 0 Å². The lowest BCUT2D eigenvalue weighted by molar-refractivity contribution is 0.0996. The summed E-state index contributed by atoms with van der Waals surface area (Å²) in [5.74, 6) is 0.895. The zero-order valence-corrected chi connectivity index (χ0v) is 16.5. The van der Waals surface area contributed by atoms with Crippen molar-refractivity contribution < 1.29 is 9.53 Å². The molecule has 0 radical (unpaired) electrons. The fraction of sp³-hybridized carbons (Fsp3) is 0.250. The van der Waals surface area contributed by atoms with Crippen LogP contribution in [0.1, 0.15) is 21.5 Å². The summed E-state index contributed by atoms with van der Waals surface area (Å²) in [6.45, 7) is 5.57. The molecular formula is C24H23N3O2. The predicted octanol–water partition coefficient (Wildman–Crippen LogP) is 4.05. The molecule has 0 spiro atoms. The number of morpholine rings is 1. The zero-order valence-electron chi connectivity index (χ0n) is 16.5. The van der Waals surface area contributed by atoms with Gasteiger partial charge in [0.2, 0.25) is 0 Å². The number of carbonyl (C=O) groups is 1. The maximum absolute atomic E-state index is 13.4. The maximum atomic E-state index is 13.4. The van der Waals surface area contributed by atoms with Crippen molar-refractivity contribution in [2.75, 3.05) is 36.1 Å². The monoisotopic (exact) mass is 385 g/mol. The third-order valence-corrected chi connectivity index (χ3v) is 5.71. The van der Waals surface area contributed by atoms with Gasteiger partial charge >= 0.3 is 0 Å². The van der Waals surface area contributed by atoms with Gasteiger partial charge in [-0.15, -0.1) is 0 Å². The van der Waals surface area contributed by atoms with Crippen molar-refractivity contribution in [3.63, 3.8) is 0 Å². The quantitative estimate of drug-likeness (QED) is 0.682. The molecule has 0 aliphatic carbocycles. The van der Waals surface area contributed by atoms with Crippen molar-refractivity contribution in [3.8, 4) is 11.3 Å². The van der Waals surface area contributed by atoms with Crippen molar-refractivity contribution in [2.24, 2.45) is 0 Å². The normalized spacial score (nSPS) is 16.2. The Morgan fingerprint density at radius 1 is 0.931 bits per heavy atom. The second-order valence-corrected chi connectivity index (χ2v) is 7.50. The lowest BCUT2D eigenvalue weighted by Crippen LogP contribution is -2.37. The number of aromatic nitrogens is 1. The smallest absolute Gasteiger partial charge is 0.259 e. The number of carbonyl (C=O) groups excluding carboxylic acids is 1. The highest BCUT2D eigenvalue weighted by Gasteiger charge is 2.33. The number of pyridine rings is 1. The van der Waals surface area contributed by atoms with Crippen LogP contribution in [0, 0.1) is 6.92 Å². The molecule has 0 saturated carbocycles. The molecule has 0 bridgehead atoms. The molecule has 0 atom stereocenters. The number of anilines is 2. The number of fused-ring (bicyclic) bond motifs is 1. The summed E-state index contributed by atoms with van der Waals surface area (Å²) in [4.78, 5) is 22.5. The number of para-hydroxylation sites is 1. The molecule has 5 nitrogen and oxygen atoms in total. The average Bonchev–Trinajstić information content (AvgIpc) is 3.11. The minimum atomic E-state index is 0.0398. The Hall–Kier alpha value is -3.18. The van der Waals surface area contributed by atoms with Crippen molar-refractivity contribution in [1.82, 2.24) is 4.98 Å². The Labute approximate surface area is 170 Å². The molecule has 2 aromatic carbocycles. The molecule has 1 aromatic heterocycles. The van der Waals surface area contributed by atoms with Gasteiger partial charge in [0, 0.05) is 29.9 Å². The molecule has 29 heavy (non-hydrogen) atoms. The SMILES string of the molecule is Cc1ccccc1-c1nc(N2CCOCC2)cc2c1CN(c1ccccc1)C2=O. The largest absolute Gasteiger partial charge is 0.378 e. The Morgan fingerprint density at radius 3 is 2.41 bits per heavy atom. The summed E-state index contributed by atoms with van der Waals surface area (Å²) in [7, 11) is 0. The van der Waals surface area contributed by atoms with E-state index in [0.717, 1.165) is 52.5 Å². The first kappa shape index (κ1) is 17.9. The van der Waals surface area contributed by atoms with Crippen LogP contribution in [-0.4, -0.2) is 37.2 Å². The summed E-state index contributed by atoms with van der Waals surface area (Å²) in [6, 6.07) is 20.1. The van der Waals surface area contributed by atoms with E-state index in [1.807, 2.05) is 53.4 Å². The second kappa shape index (κ2) is 7.33. The van der Waals surface area contributed by atoms with Crippen LogP contribution in [0.4, 0.5) is 11.5 Å². The molecule has 5 heteroatoms. The number of hydrogen-bond donors (Lipinski definition) is 0. The third kappa shape index (κ3) is 3.17. The maximum Gasteiger partial charge on any atom is 0.259 e. The first-order valence-corrected chi connectivity index (χ1v) is 10.0. The van der Waals surface area contributed by atoms with E-state index in [-0.39, 0.29) is 5.91 Å². The van der Waals surface area contributed by atoms with Crippen LogP contribution in [0.3, 0.4) is 0 Å². The average molecular weight is 385 g/mol. The standard InChI is InChI=1S/C24H23N3O2/c1-17-7-5-6-10-19(17)23-21-16-27(18-8-3-2-4-9-18)24(28)20(21)15-22(25-23)26-11-13-29-14-12-26/h2-10,15H,11-14,16H2,1H3. The Balaban J connectivity index is 1.65. The van der Waals surface area contributed by atoms with Crippen molar-refractivity contribution in [1.29, 1.82) is 0 Å². The van der Waals surface area contributed by atoms with Crippen molar-refractivity contribution >= 4 is 17.4 Å². The molecule has 2 aliphatic heterocycles. The van der Waals surface area contributed by atoms with Crippen LogP contribution >= 0.6 is 0 Å². The third-order valence-electron chi connectivity index (χ3n) is 5.71. The van der Waals surface area contributed by atoms with Gasteiger partial charge < -0.3 is 14.5 Å². The van der Waals surface area contributed by atoms with Crippen molar-refractivity contribution in [3.05, 3.63) is 77.4 Å². The van der Waals surface area contributed by atoms with Crippen LogP contribution in [0.2, 0.25) is 0 Å². The number of amides is 1. The number of ether oxygens (including phenoxy) is 1. The van der Waals surface area contributed by atoms with Crippen LogP contribution in [-0.2, 0) is 11.3 Å². The minimum absolute atomic E-state index is 0.0398.